The number of anilines is 1. The zero-order chi connectivity index (χ0) is 27.0. The maximum Gasteiger partial charge on any atom is 0.253 e. The SMILES string of the molecule is CC(C)[C@H](NC(=O)CCN1C(=O)C=CC1=O)C(=O)N[C@@H](C)C(=O)Nc1ccc(CNC(C)(C)C)cc1. The highest BCUT2D eigenvalue weighted by molar-refractivity contribution is 6.13. The molecule has 0 aromatic heterocycles. The topological polar surface area (TPSA) is 137 Å². The van der Waals surface area contributed by atoms with Crippen molar-refractivity contribution in [2.45, 2.75) is 72.1 Å². The second kappa shape index (κ2) is 12.4. The van der Waals surface area contributed by atoms with Gasteiger partial charge in [0.15, 0.2) is 0 Å². The molecule has 0 radical (unpaired) electrons. The highest BCUT2D eigenvalue weighted by atomic mass is 16.2. The first-order valence-electron chi connectivity index (χ1n) is 12.0. The minimum absolute atomic E-state index is 0.00268. The minimum atomic E-state index is -0.884. The molecule has 2 atom stereocenters. The maximum absolute atomic E-state index is 12.8. The molecule has 1 aromatic carbocycles. The second-order valence-corrected chi connectivity index (χ2v) is 10.2. The van der Waals surface area contributed by atoms with E-state index in [-0.39, 0.29) is 24.4 Å². The van der Waals surface area contributed by atoms with E-state index in [4.69, 9.17) is 0 Å². The van der Waals surface area contributed by atoms with Gasteiger partial charge in [-0.2, -0.15) is 0 Å². The van der Waals surface area contributed by atoms with Gasteiger partial charge in [0.1, 0.15) is 12.1 Å². The van der Waals surface area contributed by atoms with Gasteiger partial charge in [-0.05, 0) is 51.3 Å². The number of rotatable bonds is 11. The van der Waals surface area contributed by atoms with Gasteiger partial charge in [0.05, 0.1) is 0 Å². The molecule has 0 fully saturated rings. The standard InChI is InChI=1S/C26H37N5O5/c1-16(2)23(30-20(32)13-14-31-21(33)11-12-22(31)34)25(36)28-17(3)24(35)29-19-9-7-18(8-10-19)15-27-26(4,5)6/h7-12,16-17,23,27H,13-15H2,1-6H3,(H,28,36)(H,29,35)(H,30,32)/t17-,23-/m0/s1. The molecule has 1 aromatic rings. The van der Waals surface area contributed by atoms with Gasteiger partial charge >= 0.3 is 0 Å². The van der Waals surface area contributed by atoms with Crippen molar-refractivity contribution in [1.29, 1.82) is 0 Å². The zero-order valence-electron chi connectivity index (χ0n) is 21.8. The molecule has 2 rings (SSSR count). The quantitative estimate of drug-likeness (QED) is 0.341. The lowest BCUT2D eigenvalue weighted by molar-refractivity contribution is -0.137. The lowest BCUT2D eigenvalue weighted by atomic mass is 10.0. The van der Waals surface area contributed by atoms with Crippen LogP contribution >= 0.6 is 0 Å². The molecule has 5 amide bonds. The molecule has 10 heteroatoms. The highest BCUT2D eigenvalue weighted by Crippen LogP contribution is 2.12. The third-order valence-electron chi connectivity index (χ3n) is 5.53. The number of imide groups is 1. The summed E-state index contributed by atoms with van der Waals surface area (Å²) >= 11 is 0. The summed E-state index contributed by atoms with van der Waals surface area (Å²) in [6, 6.07) is 5.71. The van der Waals surface area contributed by atoms with Crippen molar-refractivity contribution in [1.82, 2.24) is 20.9 Å². The van der Waals surface area contributed by atoms with Crippen LogP contribution in [0.5, 0.6) is 0 Å². The normalized spacial score (nSPS) is 15.1. The predicted octanol–water partition coefficient (Wildman–Crippen LogP) is 1.47. The van der Waals surface area contributed by atoms with Crippen molar-refractivity contribution in [2.24, 2.45) is 5.92 Å². The van der Waals surface area contributed by atoms with Gasteiger partial charge in [0.25, 0.3) is 11.8 Å². The summed E-state index contributed by atoms with van der Waals surface area (Å²) < 4.78 is 0. The summed E-state index contributed by atoms with van der Waals surface area (Å²) in [5, 5.41) is 11.5. The predicted molar refractivity (Wildman–Crippen MR) is 137 cm³/mol. The molecular weight excluding hydrogens is 462 g/mol. The van der Waals surface area contributed by atoms with Gasteiger partial charge in [-0.3, -0.25) is 28.9 Å². The number of carbonyl (C=O) groups is 5. The third-order valence-corrected chi connectivity index (χ3v) is 5.53. The smallest absolute Gasteiger partial charge is 0.253 e. The molecule has 1 aliphatic heterocycles. The van der Waals surface area contributed by atoms with Crippen molar-refractivity contribution in [3.05, 3.63) is 42.0 Å². The third kappa shape index (κ3) is 8.92. The molecule has 196 valence electrons. The number of amides is 5. The van der Waals surface area contributed by atoms with Gasteiger partial charge < -0.3 is 21.3 Å². The summed E-state index contributed by atoms with van der Waals surface area (Å²) in [6.45, 7) is 12.0. The largest absolute Gasteiger partial charge is 0.344 e. The van der Waals surface area contributed by atoms with Crippen LogP contribution in [0.1, 0.15) is 53.5 Å². The van der Waals surface area contributed by atoms with E-state index in [1.165, 1.54) is 0 Å². The van der Waals surface area contributed by atoms with Crippen LogP contribution in [0.2, 0.25) is 0 Å². The number of nitrogens with zero attached hydrogens (tertiary/aromatic N) is 1. The first-order valence-corrected chi connectivity index (χ1v) is 12.0. The van der Waals surface area contributed by atoms with Crippen LogP contribution in [0, 0.1) is 5.92 Å². The van der Waals surface area contributed by atoms with Crippen molar-refractivity contribution in [3.8, 4) is 0 Å². The summed E-state index contributed by atoms with van der Waals surface area (Å²) in [7, 11) is 0. The molecule has 1 heterocycles. The first-order chi connectivity index (χ1) is 16.8. The Bertz CT molecular complexity index is 993. The number of hydrogen-bond donors (Lipinski definition) is 4. The molecule has 0 bridgehead atoms. The van der Waals surface area contributed by atoms with Crippen molar-refractivity contribution < 1.29 is 24.0 Å². The van der Waals surface area contributed by atoms with Crippen LogP contribution in [-0.4, -0.2) is 58.6 Å². The van der Waals surface area contributed by atoms with E-state index in [2.05, 4.69) is 42.0 Å². The van der Waals surface area contributed by atoms with E-state index in [9.17, 15) is 24.0 Å². The van der Waals surface area contributed by atoms with Gasteiger partial charge in [-0.15, -0.1) is 0 Å². The van der Waals surface area contributed by atoms with Gasteiger partial charge in [0.2, 0.25) is 17.7 Å². The van der Waals surface area contributed by atoms with Gasteiger partial charge in [-0.1, -0.05) is 26.0 Å². The molecule has 0 unspecified atom stereocenters. The first kappa shape index (κ1) is 28.7. The Morgan fingerprint density at radius 1 is 0.889 bits per heavy atom. The fourth-order valence-electron chi connectivity index (χ4n) is 3.34. The van der Waals surface area contributed by atoms with Crippen molar-refractivity contribution >= 4 is 35.2 Å². The average molecular weight is 500 g/mol. The van der Waals surface area contributed by atoms with Crippen LogP contribution in [0.3, 0.4) is 0 Å². The van der Waals surface area contributed by atoms with Crippen LogP contribution in [0.25, 0.3) is 0 Å². The molecule has 36 heavy (non-hydrogen) atoms. The lowest BCUT2D eigenvalue weighted by Gasteiger charge is -2.24. The number of hydrogen-bond acceptors (Lipinski definition) is 6. The minimum Gasteiger partial charge on any atom is -0.344 e. The number of nitrogens with one attached hydrogen (secondary N) is 4. The van der Waals surface area contributed by atoms with Crippen LogP contribution in [0.15, 0.2) is 36.4 Å². The van der Waals surface area contributed by atoms with Gasteiger partial charge in [0, 0.05) is 42.9 Å². The van der Waals surface area contributed by atoms with E-state index >= 15 is 0 Å². The Balaban J connectivity index is 1.86. The maximum atomic E-state index is 12.8. The van der Waals surface area contributed by atoms with Crippen LogP contribution < -0.4 is 21.3 Å². The number of carbonyl (C=O) groups excluding carboxylic acids is 5. The summed E-state index contributed by atoms with van der Waals surface area (Å²) in [5.74, 6) is -2.57. The van der Waals surface area contributed by atoms with Crippen molar-refractivity contribution in [2.75, 3.05) is 11.9 Å². The van der Waals surface area contributed by atoms with Crippen molar-refractivity contribution in [3.63, 3.8) is 0 Å². The van der Waals surface area contributed by atoms with Crippen LogP contribution in [-0.2, 0) is 30.5 Å². The summed E-state index contributed by atoms with van der Waals surface area (Å²) in [5.41, 5.74) is 1.68. The van der Waals surface area contributed by atoms with E-state index in [1.54, 1.807) is 32.9 Å². The van der Waals surface area contributed by atoms with E-state index in [0.29, 0.717) is 12.2 Å². The molecule has 4 N–H and O–H groups in total. The van der Waals surface area contributed by atoms with Gasteiger partial charge in [-0.25, -0.2) is 0 Å². The molecule has 0 spiro atoms. The molecule has 0 aliphatic carbocycles. The van der Waals surface area contributed by atoms with E-state index in [0.717, 1.165) is 22.6 Å². The molecule has 0 saturated heterocycles. The molecule has 0 saturated carbocycles. The zero-order valence-corrected chi connectivity index (χ0v) is 21.8. The highest BCUT2D eigenvalue weighted by Gasteiger charge is 2.28. The summed E-state index contributed by atoms with van der Waals surface area (Å²) in [6.07, 6.45) is 2.17. The second-order valence-electron chi connectivity index (χ2n) is 10.2. The Labute approximate surface area is 212 Å². The molecular formula is C26H37N5O5. The Hall–Kier alpha value is -3.53. The molecule has 1 aliphatic rings. The molecule has 10 nitrogen and oxygen atoms in total. The lowest BCUT2D eigenvalue weighted by Crippen LogP contribution is -2.54. The summed E-state index contributed by atoms with van der Waals surface area (Å²) in [4.78, 5) is 62.0. The fourth-order valence-corrected chi connectivity index (χ4v) is 3.34. The number of benzene rings is 1. The Morgan fingerprint density at radius 3 is 2.00 bits per heavy atom. The Morgan fingerprint density at radius 2 is 1.47 bits per heavy atom. The fraction of sp³-hybridized carbons (Fsp3) is 0.500. The monoisotopic (exact) mass is 499 g/mol. The average Bonchev–Trinajstić information content (AvgIpc) is 3.11. The van der Waals surface area contributed by atoms with Crippen LogP contribution in [0.4, 0.5) is 5.69 Å². The Kier molecular flexibility index (Phi) is 9.92. The van der Waals surface area contributed by atoms with E-state index in [1.807, 2.05) is 12.1 Å². The van der Waals surface area contributed by atoms with E-state index < -0.39 is 41.6 Å².